The lowest BCUT2D eigenvalue weighted by Gasteiger charge is -2.07. The number of nitrogens with zero attached hydrogens (tertiary/aromatic N) is 1. The van der Waals surface area contributed by atoms with Gasteiger partial charge in [-0.2, -0.15) is 0 Å². The van der Waals surface area contributed by atoms with Crippen LogP contribution in [0.25, 0.3) is 0 Å². The minimum atomic E-state index is 0.610. The summed E-state index contributed by atoms with van der Waals surface area (Å²) in [5, 5.41) is 0.610. The summed E-state index contributed by atoms with van der Waals surface area (Å²) in [4.78, 5) is 5.55. The van der Waals surface area contributed by atoms with Gasteiger partial charge >= 0.3 is 0 Å². The van der Waals surface area contributed by atoms with E-state index in [4.69, 9.17) is 0 Å². The van der Waals surface area contributed by atoms with Gasteiger partial charge in [-0.05, 0) is 29.9 Å². The number of aromatic nitrogens is 1. The molecule has 1 atom stereocenters. The monoisotopic (exact) mass is 177 g/mol. The molecular formula is C10H11NS. The maximum atomic E-state index is 4.12. The molecule has 1 aliphatic heterocycles. The second-order valence-corrected chi connectivity index (χ2v) is 4.39. The van der Waals surface area contributed by atoms with E-state index >= 15 is 0 Å². The average Bonchev–Trinajstić information content (AvgIpc) is 2.54. The highest BCUT2D eigenvalue weighted by Crippen LogP contribution is 2.42. The maximum Gasteiger partial charge on any atom is 0.0391 e. The summed E-state index contributed by atoms with van der Waals surface area (Å²) in [6.07, 6.45) is 7.23. The summed E-state index contributed by atoms with van der Waals surface area (Å²) in [7, 11) is 0. The van der Waals surface area contributed by atoms with Gasteiger partial charge < -0.3 is 0 Å². The van der Waals surface area contributed by atoms with Crippen LogP contribution in [0.5, 0.6) is 0 Å². The fourth-order valence-electron chi connectivity index (χ4n) is 1.36. The number of allylic oxidation sites excluding steroid dienone is 2. The van der Waals surface area contributed by atoms with E-state index in [1.54, 1.807) is 0 Å². The molecule has 0 bridgehead atoms. The van der Waals surface area contributed by atoms with Crippen LogP contribution in [0.15, 0.2) is 35.5 Å². The summed E-state index contributed by atoms with van der Waals surface area (Å²) < 4.78 is 0. The number of rotatable bonds is 1. The van der Waals surface area contributed by atoms with Gasteiger partial charge in [-0.1, -0.05) is 12.1 Å². The van der Waals surface area contributed by atoms with Gasteiger partial charge in [0.1, 0.15) is 0 Å². The lowest BCUT2D eigenvalue weighted by molar-refractivity contribution is 0.976. The Kier molecular flexibility index (Phi) is 2.17. The lowest BCUT2D eigenvalue weighted by atomic mass is 10.1. The molecule has 0 radical (unpaired) electrons. The first kappa shape index (κ1) is 7.87. The van der Waals surface area contributed by atoms with Crippen molar-refractivity contribution in [1.29, 1.82) is 0 Å². The van der Waals surface area contributed by atoms with Gasteiger partial charge in [0.05, 0.1) is 0 Å². The number of pyridine rings is 1. The molecule has 1 nitrogen and oxygen atoms in total. The SMILES string of the molecule is CC1=CCC(c2cccnc2)S1. The van der Waals surface area contributed by atoms with E-state index in [9.17, 15) is 0 Å². The minimum Gasteiger partial charge on any atom is -0.264 e. The van der Waals surface area contributed by atoms with Crippen molar-refractivity contribution < 1.29 is 0 Å². The van der Waals surface area contributed by atoms with Crippen LogP contribution < -0.4 is 0 Å². The molecule has 0 aliphatic carbocycles. The number of hydrogen-bond donors (Lipinski definition) is 0. The molecule has 1 aromatic heterocycles. The third-order valence-corrected chi connectivity index (χ3v) is 3.29. The first-order chi connectivity index (χ1) is 5.86. The zero-order chi connectivity index (χ0) is 8.39. The van der Waals surface area contributed by atoms with Crippen LogP contribution in [0.2, 0.25) is 0 Å². The maximum absolute atomic E-state index is 4.12. The molecule has 2 rings (SSSR count). The third kappa shape index (κ3) is 1.53. The van der Waals surface area contributed by atoms with Gasteiger partial charge in [0.25, 0.3) is 0 Å². The fraction of sp³-hybridized carbons (Fsp3) is 0.300. The van der Waals surface area contributed by atoms with Gasteiger partial charge in [0.2, 0.25) is 0 Å². The Morgan fingerprint density at radius 3 is 3.08 bits per heavy atom. The molecule has 1 unspecified atom stereocenters. The summed E-state index contributed by atoms with van der Waals surface area (Å²) >= 11 is 1.94. The van der Waals surface area contributed by atoms with Crippen molar-refractivity contribution in [2.75, 3.05) is 0 Å². The molecule has 1 aromatic rings. The van der Waals surface area contributed by atoms with Crippen molar-refractivity contribution in [2.45, 2.75) is 18.6 Å². The summed E-state index contributed by atoms with van der Waals surface area (Å²) in [5.41, 5.74) is 1.34. The molecule has 0 amide bonds. The van der Waals surface area contributed by atoms with Crippen molar-refractivity contribution >= 4 is 11.8 Å². The van der Waals surface area contributed by atoms with E-state index in [1.165, 1.54) is 10.5 Å². The average molecular weight is 177 g/mol. The number of thioether (sulfide) groups is 1. The molecule has 2 heteroatoms. The summed E-state index contributed by atoms with van der Waals surface area (Å²) in [6.45, 7) is 2.17. The van der Waals surface area contributed by atoms with E-state index in [0.717, 1.165) is 6.42 Å². The van der Waals surface area contributed by atoms with Crippen LogP contribution in [0.4, 0.5) is 0 Å². The Balaban J connectivity index is 2.14. The largest absolute Gasteiger partial charge is 0.264 e. The highest BCUT2D eigenvalue weighted by molar-refractivity contribution is 8.03. The number of hydrogen-bond acceptors (Lipinski definition) is 2. The van der Waals surface area contributed by atoms with Gasteiger partial charge in [-0.3, -0.25) is 4.98 Å². The van der Waals surface area contributed by atoms with E-state index in [1.807, 2.05) is 30.2 Å². The van der Waals surface area contributed by atoms with Crippen LogP contribution in [0.3, 0.4) is 0 Å². The molecule has 0 N–H and O–H groups in total. The Hall–Kier alpha value is -0.760. The summed E-state index contributed by atoms with van der Waals surface area (Å²) in [6, 6.07) is 4.15. The molecule has 0 aromatic carbocycles. The molecule has 0 saturated carbocycles. The van der Waals surface area contributed by atoms with Crippen LogP contribution in [-0.4, -0.2) is 4.98 Å². The normalized spacial score (nSPS) is 22.4. The topological polar surface area (TPSA) is 12.9 Å². The molecule has 2 heterocycles. The van der Waals surface area contributed by atoms with E-state index in [-0.39, 0.29) is 0 Å². The first-order valence-corrected chi connectivity index (χ1v) is 4.97. The first-order valence-electron chi connectivity index (χ1n) is 4.09. The van der Waals surface area contributed by atoms with Gasteiger partial charge in [-0.25, -0.2) is 0 Å². The zero-order valence-electron chi connectivity index (χ0n) is 7.03. The van der Waals surface area contributed by atoms with Crippen molar-refractivity contribution in [2.24, 2.45) is 0 Å². The molecule has 62 valence electrons. The predicted octanol–water partition coefficient (Wildman–Crippen LogP) is 3.16. The van der Waals surface area contributed by atoms with Crippen LogP contribution in [0.1, 0.15) is 24.2 Å². The van der Waals surface area contributed by atoms with Crippen molar-refractivity contribution in [3.63, 3.8) is 0 Å². The fourth-order valence-corrected chi connectivity index (χ4v) is 2.47. The molecule has 12 heavy (non-hydrogen) atoms. The van der Waals surface area contributed by atoms with E-state index in [2.05, 4.69) is 24.1 Å². The minimum absolute atomic E-state index is 0.610. The Labute approximate surface area is 76.9 Å². The Morgan fingerprint density at radius 1 is 1.58 bits per heavy atom. The molecule has 0 saturated heterocycles. The van der Waals surface area contributed by atoms with E-state index < -0.39 is 0 Å². The second-order valence-electron chi connectivity index (χ2n) is 2.94. The van der Waals surface area contributed by atoms with E-state index in [0.29, 0.717) is 5.25 Å². The highest BCUT2D eigenvalue weighted by atomic mass is 32.2. The van der Waals surface area contributed by atoms with Crippen LogP contribution in [-0.2, 0) is 0 Å². The van der Waals surface area contributed by atoms with Crippen LogP contribution in [0, 0.1) is 0 Å². The molecule has 0 fully saturated rings. The Morgan fingerprint density at radius 2 is 2.50 bits per heavy atom. The lowest BCUT2D eigenvalue weighted by Crippen LogP contribution is -1.88. The highest BCUT2D eigenvalue weighted by Gasteiger charge is 2.16. The van der Waals surface area contributed by atoms with Gasteiger partial charge in [0.15, 0.2) is 0 Å². The summed E-state index contributed by atoms with van der Waals surface area (Å²) in [5.74, 6) is 0. The molecule has 0 spiro atoms. The predicted molar refractivity (Wildman–Crippen MR) is 52.9 cm³/mol. The zero-order valence-corrected chi connectivity index (χ0v) is 7.84. The van der Waals surface area contributed by atoms with Crippen LogP contribution >= 0.6 is 11.8 Å². The van der Waals surface area contributed by atoms with Gasteiger partial charge in [0, 0.05) is 17.6 Å². The van der Waals surface area contributed by atoms with Crippen molar-refractivity contribution in [3.8, 4) is 0 Å². The van der Waals surface area contributed by atoms with Crippen molar-refractivity contribution in [3.05, 3.63) is 41.1 Å². The molecular weight excluding hydrogens is 166 g/mol. The molecule has 1 aliphatic rings. The quantitative estimate of drug-likeness (QED) is 0.653. The van der Waals surface area contributed by atoms with Crippen molar-refractivity contribution in [1.82, 2.24) is 4.98 Å². The third-order valence-electron chi connectivity index (χ3n) is 2.00. The Bertz CT molecular complexity index is 292. The second kappa shape index (κ2) is 3.31. The standard InChI is InChI=1S/C10H11NS/c1-8-4-5-10(12-8)9-3-2-6-11-7-9/h2-4,6-7,10H,5H2,1H3. The smallest absolute Gasteiger partial charge is 0.0391 e. The van der Waals surface area contributed by atoms with Gasteiger partial charge in [-0.15, -0.1) is 11.8 Å².